The molecule has 1 amide bonds. The number of rotatable bonds is 4. The fourth-order valence-corrected chi connectivity index (χ4v) is 3.35. The molecule has 2 aliphatic rings. The standard InChI is InChI=1S/C17H25N3O/c1-11-4-5-14(18-13(3)21)9-17(11)19-15-8-12(2)20(10-15)16-6-7-16/h4-5,9,12,15-16,19H,6-8,10H2,1-3H3,(H,18,21)/t12-,15-/m1/s1. The Hall–Kier alpha value is -1.55. The van der Waals surface area contributed by atoms with Crippen molar-refractivity contribution in [3.05, 3.63) is 23.8 Å². The highest BCUT2D eigenvalue weighted by Gasteiger charge is 2.38. The van der Waals surface area contributed by atoms with Crippen LogP contribution in [0.2, 0.25) is 0 Å². The van der Waals surface area contributed by atoms with Crippen LogP contribution in [0.1, 0.15) is 38.7 Å². The van der Waals surface area contributed by atoms with E-state index in [1.54, 1.807) is 6.92 Å². The van der Waals surface area contributed by atoms with Gasteiger partial charge in [0.25, 0.3) is 0 Å². The topological polar surface area (TPSA) is 44.4 Å². The average molecular weight is 287 g/mol. The molecule has 21 heavy (non-hydrogen) atoms. The molecule has 4 heteroatoms. The molecule has 3 rings (SSSR count). The number of nitrogens with one attached hydrogen (secondary N) is 2. The van der Waals surface area contributed by atoms with Gasteiger partial charge >= 0.3 is 0 Å². The molecule has 0 bridgehead atoms. The van der Waals surface area contributed by atoms with Gasteiger partial charge in [0.1, 0.15) is 0 Å². The second kappa shape index (κ2) is 5.68. The highest BCUT2D eigenvalue weighted by atomic mass is 16.1. The summed E-state index contributed by atoms with van der Waals surface area (Å²) in [5, 5.41) is 6.53. The number of likely N-dealkylation sites (tertiary alicyclic amines) is 1. The van der Waals surface area contributed by atoms with Gasteiger partial charge in [0.05, 0.1) is 0 Å². The van der Waals surface area contributed by atoms with Gasteiger partial charge in [0.2, 0.25) is 5.91 Å². The zero-order chi connectivity index (χ0) is 15.0. The summed E-state index contributed by atoms with van der Waals surface area (Å²) >= 11 is 0. The zero-order valence-electron chi connectivity index (χ0n) is 13.1. The molecule has 0 aromatic heterocycles. The van der Waals surface area contributed by atoms with Crippen molar-refractivity contribution in [2.24, 2.45) is 0 Å². The number of amides is 1. The molecule has 0 unspecified atom stereocenters. The minimum absolute atomic E-state index is 0.0285. The minimum Gasteiger partial charge on any atom is -0.381 e. The first-order valence-corrected chi connectivity index (χ1v) is 7.93. The SMILES string of the molecule is CC(=O)Nc1ccc(C)c(N[C@@H]2C[C@@H](C)N(C3CC3)C2)c1. The predicted octanol–water partition coefficient (Wildman–Crippen LogP) is 2.99. The van der Waals surface area contributed by atoms with E-state index in [-0.39, 0.29) is 5.91 Å². The average Bonchev–Trinajstić information content (AvgIpc) is 3.18. The molecule has 2 fully saturated rings. The van der Waals surface area contributed by atoms with Gasteiger partial charge in [-0.05, 0) is 50.8 Å². The first-order chi connectivity index (χ1) is 10.0. The normalized spacial score (nSPS) is 25.9. The van der Waals surface area contributed by atoms with Crippen LogP contribution in [0.5, 0.6) is 0 Å². The van der Waals surface area contributed by atoms with Gasteiger partial charge in [0.15, 0.2) is 0 Å². The number of aryl methyl sites for hydroxylation is 1. The fraction of sp³-hybridized carbons (Fsp3) is 0.588. The lowest BCUT2D eigenvalue weighted by Crippen LogP contribution is -2.31. The Bertz CT molecular complexity index is 539. The predicted molar refractivity (Wildman–Crippen MR) is 86.7 cm³/mol. The third-order valence-corrected chi connectivity index (χ3v) is 4.56. The number of hydrogen-bond acceptors (Lipinski definition) is 3. The summed E-state index contributed by atoms with van der Waals surface area (Å²) in [5.41, 5.74) is 3.22. The van der Waals surface area contributed by atoms with Crippen molar-refractivity contribution in [1.29, 1.82) is 0 Å². The number of anilines is 2. The molecule has 1 saturated heterocycles. The lowest BCUT2D eigenvalue weighted by atomic mass is 10.1. The van der Waals surface area contributed by atoms with E-state index in [9.17, 15) is 4.79 Å². The molecule has 114 valence electrons. The number of nitrogens with zero attached hydrogens (tertiary/aromatic N) is 1. The van der Waals surface area contributed by atoms with E-state index >= 15 is 0 Å². The maximum atomic E-state index is 11.2. The maximum Gasteiger partial charge on any atom is 0.221 e. The van der Waals surface area contributed by atoms with Crippen molar-refractivity contribution in [3.8, 4) is 0 Å². The molecule has 1 heterocycles. The molecular weight excluding hydrogens is 262 g/mol. The van der Waals surface area contributed by atoms with E-state index in [1.807, 2.05) is 12.1 Å². The molecule has 1 aliphatic carbocycles. The van der Waals surface area contributed by atoms with Gasteiger partial charge in [0, 0.05) is 43.0 Å². The van der Waals surface area contributed by atoms with Crippen molar-refractivity contribution in [1.82, 2.24) is 4.90 Å². The Kier molecular flexibility index (Phi) is 3.89. The summed E-state index contributed by atoms with van der Waals surface area (Å²) in [6.07, 6.45) is 3.93. The van der Waals surface area contributed by atoms with Crippen LogP contribution in [-0.4, -0.2) is 35.5 Å². The van der Waals surface area contributed by atoms with Gasteiger partial charge in [-0.1, -0.05) is 6.07 Å². The number of hydrogen-bond donors (Lipinski definition) is 2. The summed E-state index contributed by atoms with van der Waals surface area (Å²) in [4.78, 5) is 13.8. The van der Waals surface area contributed by atoms with Crippen molar-refractivity contribution < 1.29 is 4.79 Å². The van der Waals surface area contributed by atoms with Gasteiger partial charge in [-0.2, -0.15) is 0 Å². The van der Waals surface area contributed by atoms with Crippen LogP contribution < -0.4 is 10.6 Å². The van der Waals surface area contributed by atoms with Crippen molar-refractivity contribution in [2.45, 2.75) is 58.2 Å². The van der Waals surface area contributed by atoms with Crippen LogP contribution in [0.15, 0.2) is 18.2 Å². The van der Waals surface area contributed by atoms with Crippen LogP contribution in [-0.2, 0) is 4.79 Å². The summed E-state index contributed by atoms with van der Waals surface area (Å²) in [5.74, 6) is -0.0285. The largest absolute Gasteiger partial charge is 0.381 e. The summed E-state index contributed by atoms with van der Waals surface area (Å²) < 4.78 is 0. The quantitative estimate of drug-likeness (QED) is 0.895. The summed E-state index contributed by atoms with van der Waals surface area (Å²) in [6, 6.07) is 8.07. The first-order valence-electron chi connectivity index (χ1n) is 7.93. The van der Waals surface area contributed by atoms with E-state index in [0.717, 1.165) is 24.0 Å². The molecule has 0 spiro atoms. The van der Waals surface area contributed by atoms with Crippen molar-refractivity contribution >= 4 is 17.3 Å². The molecule has 4 nitrogen and oxygen atoms in total. The molecule has 1 aromatic carbocycles. The highest BCUT2D eigenvalue weighted by molar-refractivity contribution is 5.89. The highest BCUT2D eigenvalue weighted by Crippen LogP contribution is 2.34. The van der Waals surface area contributed by atoms with Crippen LogP contribution in [0.25, 0.3) is 0 Å². The van der Waals surface area contributed by atoms with Gasteiger partial charge < -0.3 is 10.6 Å². The number of carbonyl (C=O) groups excluding carboxylic acids is 1. The zero-order valence-corrected chi connectivity index (χ0v) is 13.1. The number of carbonyl (C=O) groups is 1. The Morgan fingerprint density at radius 2 is 2.10 bits per heavy atom. The molecule has 2 N–H and O–H groups in total. The first kappa shape index (κ1) is 14.4. The lowest BCUT2D eigenvalue weighted by molar-refractivity contribution is -0.114. The minimum atomic E-state index is -0.0285. The third kappa shape index (κ3) is 3.38. The number of benzene rings is 1. The lowest BCUT2D eigenvalue weighted by Gasteiger charge is -2.20. The monoisotopic (exact) mass is 287 g/mol. The van der Waals surface area contributed by atoms with Gasteiger partial charge in [-0.15, -0.1) is 0 Å². The molecule has 0 radical (unpaired) electrons. The molecule has 1 aromatic rings. The van der Waals surface area contributed by atoms with Crippen LogP contribution >= 0.6 is 0 Å². The second-order valence-electron chi connectivity index (χ2n) is 6.56. The molecule has 1 aliphatic heterocycles. The van der Waals surface area contributed by atoms with E-state index in [1.165, 1.54) is 24.8 Å². The van der Waals surface area contributed by atoms with Gasteiger partial charge in [-0.25, -0.2) is 0 Å². The summed E-state index contributed by atoms with van der Waals surface area (Å²) in [7, 11) is 0. The van der Waals surface area contributed by atoms with Gasteiger partial charge in [-0.3, -0.25) is 9.69 Å². The molecule has 2 atom stereocenters. The van der Waals surface area contributed by atoms with Crippen molar-refractivity contribution in [3.63, 3.8) is 0 Å². The molecule has 1 saturated carbocycles. The van der Waals surface area contributed by atoms with Crippen LogP contribution in [0, 0.1) is 6.92 Å². The van der Waals surface area contributed by atoms with Crippen LogP contribution in [0.3, 0.4) is 0 Å². The van der Waals surface area contributed by atoms with E-state index in [2.05, 4.69) is 35.4 Å². The third-order valence-electron chi connectivity index (χ3n) is 4.56. The smallest absolute Gasteiger partial charge is 0.221 e. The second-order valence-corrected chi connectivity index (χ2v) is 6.56. The molecular formula is C17H25N3O. The Labute approximate surface area is 126 Å². The van der Waals surface area contributed by atoms with E-state index < -0.39 is 0 Å². The maximum absolute atomic E-state index is 11.2. The van der Waals surface area contributed by atoms with Crippen LogP contribution in [0.4, 0.5) is 11.4 Å². The fourth-order valence-electron chi connectivity index (χ4n) is 3.35. The Morgan fingerprint density at radius 1 is 1.33 bits per heavy atom. The Morgan fingerprint density at radius 3 is 2.76 bits per heavy atom. The van der Waals surface area contributed by atoms with E-state index in [0.29, 0.717) is 12.1 Å². The van der Waals surface area contributed by atoms with Crippen molar-refractivity contribution in [2.75, 3.05) is 17.2 Å². The Balaban J connectivity index is 1.68. The van der Waals surface area contributed by atoms with E-state index in [4.69, 9.17) is 0 Å². The summed E-state index contributed by atoms with van der Waals surface area (Å²) in [6.45, 7) is 7.12.